The first-order chi connectivity index (χ1) is 14.7. The fourth-order valence-corrected chi connectivity index (χ4v) is 4.53. The monoisotopic (exact) mass is 400 g/mol. The number of amides is 1. The second kappa shape index (κ2) is 7.81. The van der Waals surface area contributed by atoms with E-state index in [9.17, 15) is 4.79 Å². The Bertz CT molecular complexity index is 1070. The van der Waals surface area contributed by atoms with Gasteiger partial charge in [-0.05, 0) is 49.2 Å². The summed E-state index contributed by atoms with van der Waals surface area (Å²) in [5, 5.41) is 8.98. The topological polar surface area (TPSA) is 79.3 Å². The number of rotatable bonds is 3. The summed E-state index contributed by atoms with van der Waals surface area (Å²) in [6.45, 7) is 4.25. The third-order valence-electron chi connectivity index (χ3n) is 6.13. The predicted molar refractivity (Wildman–Crippen MR) is 116 cm³/mol. The van der Waals surface area contributed by atoms with Gasteiger partial charge in [0, 0.05) is 38.4 Å². The molecular weight excluding hydrogens is 376 g/mol. The molecule has 5 rings (SSSR count). The molecule has 2 aromatic carbocycles. The molecule has 1 unspecified atom stereocenters. The number of benzene rings is 2. The van der Waals surface area contributed by atoms with Crippen LogP contribution in [0, 0.1) is 11.3 Å². The van der Waals surface area contributed by atoms with Gasteiger partial charge in [-0.15, -0.1) is 0 Å². The van der Waals surface area contributed by atoms with E-state index in [0.717, 1.165) is 68.2 Å². The zero-order valence-corrected chi connectivity index (χ0v) is 16.8. The van der Waals surface area contributed by atoms with Gasteiger partial charge >= 0.3 is 0 Å². The number of nitrogens with zero attached hydrogens (tertiary/aromatic N) is 5. The number of fused-ring (bicyclic) bond motifs is 1. The molecule has 0 saturated carbocycles. The van der Waals surface area contributed by atoms with E-state index in [1.807, 2.05) is 41.3 Å². The van der Waals surface area contributed by atoms with Gasteiger partial charge < -0.3 is 14.8 Å². The predicted octanol–water partition coefficient (Wildman–Crippen LogP) is 2.75. The van der Waals surface area contributed by atoms with E-state index in [0.29, 0.717) is 5.56 Å². The lowest BCUT2D eigenvalue weighted by Gasteiger charge is -2.26. The number of hydrogen-bond donors (Lipinski definition) is 1. The number of carbonyl (C=O) groups is 1. The lowest BCUT2D eigenvalue weighted by atomic mass is 10.2. The van der Waals surface area contributed by atoms with Crippen LogP contribution < -0.4 is 9.80 Å². The van der Waals surface area contributed by atoms with Gasteiger partial charge in [0.15, 0.2) is 0 Å². The summed E-state index contributed by atoms with van der Waals surface area (Å²) in [7, 11) is 0. The van der Waals surface area contributed by atoms with Gasteiger partial charge in [-0.2, -0.15) is 5.26 Å². The molecule has 0 aliphatic carbocycles. The third-order valence-corrected chi connectivity index (χ3v) is 6.13. The normalized spacial score (nSPS) is 20.5. The van der Waals surface area contributed by atoms with Crippen LogP contribution in [0.1, 0.15) is 18.4 Å². The van der Waals surface area contributed by atoms with Crippen LogP contribution >= 0.6 is 0 Å². The molecule has 3 heterocycles. The summed E-state index contributed by atoms with van der Waals surface area (Å²) in [4.78, 5) is 27.8. The van der Waals surface area contributed by atoms with Crippen molar-refractivity contribution >= 4 is 28.6 Å². The molecule has 3 aromatic rings. The first kappa shape index (κ1) is 18.6. The van der Waals surface area contributed by atoms with Crippen molar-refractivity contribution in [2.45, 2.75) is 18.9 Å². The highest BCUT2D eigenvalue weighted by atomic mass is 16.2. The maximum absolute atomic E-state index is 13.1. The van der Waals surface area contributed by atoms with Crippen LogP contribution in [-0.2, 0) is 4.79 Å². The maximum atomic E-state index is 13.1. The Balaban J connectivity index is 1.26. The van der Waals surface area contributed by atoms with Crippen molar-refractivity contribution in [2.24, 2.45) is 0 Å². The van der Waals surface area contributed by atoms with Crippen LogP contribution in [0.4, 0.5) is 11.6 Å². The Kier molecular flexibility index (Phi) is 4.85. The van der Waals surface area contributed by atoms with Crippen molar-refractivity contribution < 1.29 is 4.79 Å². The van der Waals surface area contributed by atoms with Crippen molar-refractivity contribution in [3.8, 4) is 6.07 Å². The van der Waals surface area contributed by atoms with Crippen molar-refractivity contribution in [1.29, 1.82) is 5.26 Å². The number of carbonyl (C=O) groups excluding carboxylic acids is 1. The van der Waals surface area contributed by atoms with Gasteiger partial charge in [-0.1, -0.05) is 12.1 Å². The second-order valence-electron chi connectivity index (χ2n) is 7.91. The molecule has 0 spiro atoms. The summed E-state index contributed by atoms with van der Waals surface area (Å²) >= 11 is 0. The SMILES string of the molecule is N#Cc1ccc(N2CCC(N3CCCN(c4nc5ccccc5[nH]4)CC3)C2=O)cc1. The van der Waals surface area contributed by atoms with E-state index in [-0.39, 0.29) is 11.9 Å². The average molecular weight is 400 g/mol. The molecule has 1 amide bonds. The summed E-state index contributed by atoms with van der Waals surface area (Å²) in [5.74, 6) is 1.08. The molecule has 7 nitrogen and oxygen atoms in total. The molecule has 30 heavy (non-hydrogen) atoms. The number of aromatic amines is 1. The number of hydrogen-bond acceptors (Lipinski definition) is 5. The molecule has 0 bridgehead atoms. The van der Waals surface area contributed by atoms with Crippen LogP contribution in [0.25, 0.3) is 11.0 Å². The number of imidazole rings is 1. The van der Waals surface area contributed by atoms with E-state index in [2.05, 4.69) is 20.9 Å². The summed E-state index contributed by atoms with van der Waals surface area (Å²) in [6, 6.07) is 17.4. The van der Waals surface area contributed by atoms with E-state index in [4.69, 9.17) is 10.2 Å². The zero-order valence-electron chi connectivity index (χ0n) is 16.8. The molecule has 2 saturated heterocycles. The number of anilines is 2. The van der Waals surface area contributed by atoms with E-state index in [1.54, 1.807) is 12.1 Å². The standard InChI is InChI=1S/C23H24N6O/c24-16-17-6-8-18(9-7-17)29-13-10-21(22(29)30)27-11-3-12-28(15-14-27)23-25-19-4-1-2-5-20(19)26-23/h1-2,4-9,21H,3,10-15H2,(H,25,26). The van der Waals surface area contributed by atoms with Gasteiger partial charge in [-0.3, -0.25) is 9.69 Å². The summed E-state index contributed by atoms with van der Waals surface area (Å²) in [6.07, 6.45) is 1.83. The lowest BCUT2D eigenvalue weighted by molar-refractivity contribution is -0.121. The molecule has 2 fully saturated rings. The number of nitrogens with one attached hydrogen (secondary N) is 1. The minimum Gasteiger partial charge on any atom is -0.341 e. The smallest absolute Gasteiger partial charge is 0.244 e. The first-order valence-corrected chi connectivity index (χ1v) is 10.5. The Morgan fingerprint density at radius 1 is 1.00 bits per heavy atom. The summed E-state index contributed by atoms with van der Waals surface area (Å²) < 4.78 is 0. The minimum atomic E-state index is -0.0729. The Morgan fingerprint density at radius 2 is 1.83 bits per heavy atom. The molecule has 152 valence electrons. The van der Waals surface area contributed by atoms with Crippen molar-refractivity contribution in [1.82, 2.24) is 14.9 Å². The fourth-order valence-electron chi connectivity index (χ4n) is 4.53. The van der Waals surface area contributed by atoms with Crippen LogP contribution in [0.5, 0.6) is 0 Å². The van der Waals surface area contributed by atoms with E-state index >= 15 is 0 Å². The van der Waals surface area contributed by atoms with Gasteiger partial charge in [0.1, 0.15) is 0 Å². The van der Waals surface area contributed by atoms with Gasteiger partial charge in [0.25, 0.3) is 0 Å². The van der Waals surface area contributed by atoms with Gasteiger partial charge in [0.2, 0.25) is 11.9 Å². The highest BCUT2D eigenvalue weighted by Gasteiger charge is 2.37. The van der Waals surface area contributed by atoms with Gasteiger partial charge in [0.05, 0.1) is 28.7 Å². The Hall–Kier alpha value is -3.37. The molecule has 1 atom stereocenters. The van der Waals surface area contributed by atoms with Crippen LogP contribution in [0.2, 0.25) is 0 Å². The van der Waals surface area contributed by atoms with Gasteiger partial charge in [-0.25, -0.2) is 4.98 Å². The lowest BCUT2D eigenvalue weighted by Crippen LogP contribution is -2.43. The molecule has 2 aliphatic heterocycles. The number of para-hydroxylation sites is 2. The first-order valence-electron chi connectivity index (χ1n) is 10.5. The van der Waals surface area contributed by atoms with Crippen LogP contribution in [0.15, 0.2) is 48.5 Å². The number of aromatic nitrogens is 2. The van der Waals surface area contributed by atoms with Crippen molar-refractivity contribution in [3.63, 3.8) is 0 Å². The maximum Gasteiger partial charge on any atom is 0.244 e. The van der Waals surface area contributed by atoms with Crippen LogP contribution in [0.3, 0.4) is 0 Å². The molecule has 2 aliphatic rings. The zero-order chi connectivity index (χ0) is 20.5. The van der Waals surface area contributed by atoms with E-state index in [1.165, 1.54) is 0 Å². The van der Waals surface area contributed by atoms with Crippen LogP contribution in [-0.4, -0.2) is 59.5 Å². The van der Waals surface area contributed by atoms with E-state index < -0.39 is 0 Å². The molecule has 7 heteroatoms. The fraction of sp³-hybridized carbons (Fsp3) is 0.348. The molecular formula is C23H24N6O. The molecule has 0 radical (unpaired) electrons. The number of nitriles is 1. The second-order valence-corrected chi connectivity index (χ2v) is 7.91. The number of H-pyrrole nitrogens is 1. The largest absolute Gasteiger partial charge is 0.341 e. The Morgan fingerprint density at radius 3 is 2.63 bits per heavy atom. The molecule has 1 aromatic heterocycles. The highest BCUT2D eigenvalue weighted by molar-refractivity contribution is 5.99. The average Bonchev–Trinajstić information content (AvgIpc) is 3.29. The minimum absolute atomic E-state index is 0.0729. The Labute approximate surface area is 175 Å². The highest BCUT2D eigenvalue weighted by Crippen LogP contribution is 2.26. The van der Waals surface area contributed by atoms with Crippen molar-refractivity contribution in [3.05, 3.63) is 54.1 Å². The third kappa shape index (κ3) is 3.40. The summed E-state index contributed by atoms with van der Waals surface area (Å²) in [5.41, 5.74) is 3.52. The van der Waals surface area contributed by atoms with Crippen molar-refractivity contribution in [2.75, 3.05) is 42.5 Å². The quantitative estimate of drug-likeness (QED) is 0.731. The molecule has 1 N–H and O–H groups in total.